The fraction of sp³-hybridized carbons (Fsp3) is 0.188. The first kappa shape index (κ1) is 25.9. The number of benzene rings is 3. The summed E-state index contributed by atoms with van der Waals surface area (Å²) in [7, 11) is 3.85. The van der Waals surface area contributed by atoms with E-state index in [0.29, 0.717) is 35.1 Å². The van der Waals surface area contributed by atoms with Crippen molar-refractivity contribution in [2.24, 2.45) is 0 Å². The van der Waals surface area contributed by atoms with Gasteiger partial charge < -0.3 is 19.2 Å². The van der Waals surface area contributed by atoms with Crippen molar-refractivity contribution in [1.29, 1.82) is 0 Å². The summed E-state index contributed by atoms with van der Waals surface area (Å²) in [6, 6.07) is 24.9. The molecule has 5 rings (SSSR count). The molecule has 1 unspecified atom stereocenters. The van der Waals surface area contributed by atoms with Crippen LogP contribution < -0.4 is 14.5 Å². The number of aliphatic hydroxyl groups excluding tert-OH is 1. The fourth-order valence-electron chi connectivity index (χ4n) is 4.73. The number of amides is 1. The number of carbonyl (C=O) groups excluding carboxylic acids is 2. The van der Waals surface area contributed by atoms with E-state index in [0.717, 1.165) is 16.8 Å². The van der Waals surface area contributed by atoms with Gasteiger partial charge >= 0.3 is 0 Å². The lowest BCUT2D eigenvalue weighted by atomic mass is 9.98. The highest BCUT2D eigenvalue weighted by Crippen LogP contribution is 2.43. The Hall–Kier alpha value is -4.78. The second kappa shape index (κ2) is 10.5. The summed E-state index contributed by atoms with van der Waals surface area (Å²) in [6.45, 7) is 4.07. The van der Waals surface area contributed by atoms with Gasteiger partial charge in [0.25, 0.3) is 11.7 Å². The molecule has 1 atom stereocenters. The predicted molar refractivity (Wildman–Crippen MR) is 151 cm³/mol. The number of hydrogen-bond donors (Lipinski definition) is 1. The Bertz CT molecular complexity index is 1550. The van der Waals surface area contributed by atoms with E-state index < -0.39 is 17.7 Å². The smallest absolute Gasteiger partial charge is 0.300 e. The Morgan fingerprint density at radius 2 is 1.67 bits per heavy atom. The van der Waals surface area contributed by atoms with Crippen LogP contribution in [0.2, 0.25) is 0 Å². The van der Waals surface area contributed by atoms with Crippen LogP contribution in [0.1, 0.15) is 34.3 Å². The van der Waals surface area contributed by atoms with Gasteiger partial charge in [0, 0.05) is 31.0 Å². The lowest BCUT2D eigenvalue weighted by molar-refractivity contribution is -0.132. The maximum Gasteiger partial charge on any atom is 0.300 e. The summed E-state index contributed by atoms with van der Waals surface area (Å²) < 4.78 is 11.9. The third-order valence-electron chi connectivity index (χ3n) is 6.80. The van der Waals surface area contributed by atoms with E-state index in [1.165, 1.54) is 4.90 Å². The van der Waals surface area contributed by atoms with E-state index in [1.807, 2.05) is 68.4 Å². The second-order valence-corrected chi connectivity index (χ2v) is 9.78. The standard InChI is InChI=1S/C32H30N2O5/c1-20-18-23(11-17-26(20)38-19-22-8-6-5-7-9-22)30(35)28-29(27-16-10-21(2)39-27)34(32(37)31(28)36)25-14-12-24(13-15-25)33(3)4/h5-18,29,35H,19H2,1-4H3/b30-28-. The van der Waals surface area contributed by atoms with Gasteiger partial charge in [0.05, 0.1) is 5.57 Å². The van der Waals surface area contributed by atoms with Crippen molar-refractivity contribution >= 4 is 28.8 Å². The van der Waals surface area contributed by atoms with Crippen LogP contribution in [0, 0.1) is 13.8 Å². The van der Waals surface area contributed by atoms with E-state index in [4.69, 9.17) is 9.15 Å². The van der Waals surface area contributed by atoms with Gasteiger partial charge in [-0.15, -0.1) is 0 Å². The van der Waals surface area contributed by atoms with Crippen LogP contribution in [-0.4, -0.2) is 30.9 Å². The molecule has 0 spiro atoms. The van der Waals surface area contributed by atoms with Crippen molar-refractivity contribution < 1.29 is 23.8 Å². The number of hydrogen-bond acceptors (Lipinski definition) is 6. The first-order valence-electron chi connectivity index (χ1n) is 12.7. The van der Waals surface area contributed by atoms with Gasteiger partial charge in [-0.05, 0) is 79.6 Å². The molecular formula is C32H30N2O5. The molecule has 1 aliphatic rings. The molecule has 0 radical (unpaired) electrons. The first-order chi connectivity index (χ1) is 18.7. The number of ether oxygens (including phenoxy) is 1. The molecule has 1 aromatic heterocycles. The molecule has 0 aliphatic carbocycles. The van der Waals surface area contributed by atoms with Gasteiger partial charge in [-0.25, -0.2) is 0 Å². The largest absolute Gasteiger partial charge is 0.507 e. The Morgan fingerprint density at radius 1 is 0.949 bits per heavy atom. The van der Waals surface area contributed by atoms with Gasteiger partial charge in [-0.1, -0.05) is 30.3 Å². The summed E-state index contributed by atoms with van der Waals surface area (Å²) in [4.78, 5) is 30.1. The van der Waals surface area contributed by atoms with Crippen LogP contribution in [0.15, 0.2) is 94.9 Å². The van der Waals surface area contributed by atoms with E-state index in [-0.39, 0.29) is 11.3 Å². The molecular weight excluding hydrogens is 492 g/mol. The first-order valence-corrected chi connectivity index (χ1v) is 12.7. The third kappa shape index (κ3) is 5.03. The second-order valence-electron chi connectivity index (χ2n) is 9.78. The molecule has 2 heterocycles. The molecule has 198 valence electrons. The van der Waals surface area contributed by atoms with Crippen molar-refractivity contribution in [2.75, 3.05) is 23.9 Å². The normalized spacial score (nSPS) is 16.5. The number of nitrogens with zero attached hydrogens (tertiary/aromatic N) is 2. The van der Waals surface area contributed by atoms with Crippen LogP contribution in [0.4, 0.5) is 11.4 Å². The minimum atomic E-state index is -0.918. The summed E-state index contributed by atoms with van der Waals surface area (Å²) >= 11 is 0. The molecule has 1 fully saturated rings. The van der Waals surface area contributed by atoms with Crippen molar-refractivity contribution in [3.63, 3.8) is 0 Å². The average Bonchev–Trinajstić information content (AvgIpc) is 3.48. The molecule has 1 amide bonds. The molecule has 3 aromatic carbocycles. The maximum atomic E-state index is 13.4. The van der Waals surface area contributed by atoms with Crippen molar-refractivity contribution in [3.8, 4) is 5.75 Å². The van der Waals surface area contributed by atoms with Crippen molar-refractivity contribution in [3.05, 3.63) is 119 Å². The average molecular weight is 523 g/mol. The Morgan fingerprint density at radius 3 is 2.28 bits per heavy atom. The number of ketones is 1. The van der Waals surface area contributed by atoms with Gasteiger partial charge in [0.15, 0.2) is 0 Å². The SMILES string of the molecule is Cc1ccc(C2/C(=C(/O)c3ccc(OCc4ccccc4)c(C)c3)C(=O)C(=O)N2c2ccc(N(C)C)cc2)o1. The highest BCUT2D eigenvalue weighted by molar-refractivity contribution is 6.51. The molecule has 0 bridgehead atoms. The number of rotatable bonds is 7. The zero-order valence-electron chi connectivity index (χ0n) is 22.3. The van der Waals surface area contributed by atoms with Crippen LogP contribution in [0.5, 0.6) is 5.75 Å². The van der Waals surface area contributed by atoms with E-state index in [9.17, 15) is 14.7 Å². The van der Waals surface area contributed by atoms with E-state index in [1.54, 1.807) is 49.4 Å². The van der Waals surface area contributed by atoms with E-state index in [2.05, 4.69) is 0 Å². The Labute approximate surface area is 227 Å². The van der Waals surface area contributed by atoms with E-state index >= 15 is 0 Å². The summed E-state index contributed by atoms with van der Waals surface area (Å²) in [5, 5.41) is 11.4. The Kier molecular flexibility index (Phi) is 6.98. The quantitative estimate of drug-likeness (QED) is 0.178. The highest BCUT2D eigenvalue weighted by Gasteiger charge is 2.48. The van der Waals surface area contributed by atoms with Gasteiger partial charge in [0.2, 0.25) is 0 Å². The topological polar surface area (TPSA) is 83.2 Å². The number of anilines is 2. The number of aliphatic hydroxyl groups is 1. The van der Waals surface area contributed by atoms with Crippen molar-refractivity contribution in [2.45, 2.75) is 26.5 Å². The molecule has 7 nitrogen and oxygen atoms in total. The molecule has 39 heavy (non-hydrogen) atoms. The molecule has 4 aromatic rings. The summed E-state index contributed by atoms with van der Waals surface area (Å²) in [5.41, 5.74) is 3.69. The fourth-order valence-corrected chi connectivity index (χ4v) is 4.73. The Balaban J connectivity index is 1.53. The number of aryl methyl sites for hydroxylation is 2. The summed E-state index contributed by atoms with van der Waals surface area (Å²) in [5.74, 6) is -0.0793. The predicted octanol–water partition coefficient (Wildman–Crippen LogP) is 6.17. The molecule has 0 saturated carbocycles. The van der Waals surface area contributed by atoms with Gasteiger partial charge in [0.1, 0.15) is 35.7 Å². The highest BCUT2D eigenvalue weighted by atomic mass is 16.5. The minimum absolute atomic E-state index is 0.0246. The molecule has 1 N–H and O–H groups in total. The minimum Gasteiger partial charge on any atom is -0.507 e. The van der Waals surface area contributed by atoms with Crippen LogP contribution in [-0.2, 0) is 16.2 Å². The van der Waals surface area contributed by atoms with Crippen LogP contribution in [0.3, 0.4) is 0 Å². The van der Waals surface area contributed by atoms with Crippen molar-refractivity contribution in [1.82, 2.24) is 0 Å². The third-order valence-corrected chi connectivity index (χ3v) is 6.80. The lowest BCUT2D eigenvalue weighted by Crippen LogP contribution is -2.29. The van der Waals surface area contributed by atoms with Crippen LogP contribution >= 0.6 is 0 Å². The maximum absolute atomic E-state index is 13.4. The zero-order chi connectivity index (χ0) is 27.7. The number of carbonyl (C=O) groups is 2. The molecule has 7 heteroatoms. The summed E-state index contributed by atoms with van der Waals surface area (Å²) in [6.07, 6.45) is 0. The number of Topliss-reactive ketones (excluding diaryl/α,β-unsaturated/α-hetero) is 1. The molecule has 1 saturated heterocycles. The molecule has 1 aliphatic heterocycles. The number of furan rings is 1. The van der Waals surface area contributed by atoms with Crippen LogP contribution in [0.25, 0.3) is 5.76 Å². The van der Waals surface area contributed by atoms with Gasteiger partial charge in [-0.3, -0.25) is 14.5 Å². The van der Waals surface area contributed by atoms with Gasteiger partial charge in [-0.2, -0.15) is 0 Å². The monoisotopic (exact) mass is 522 g/mol. The lowest BCUT2D eigenvalue weighted by Gasteiger charge is -2.24. The zero-order valence-corrected chi connectivity index (χ0v) is 22.3.